The number of benzene rings is 2. The maximum atomic E-state index is 12.5. The van der Waals surface area contributed by atoms with E-state index >= 15 is 0 Å². The first-order valence-electron chi connectivity index (χ1n) is 9.42. The molecule has 1 heterocycles. The normalized spacial score (nSPS) is 15.0. The lowest BCUT2D eigenvalue weighted by molar-refractivity contribution is -0.929. The number of hydrogen-bond acceptors (Lipinski definition) is 2. The van der Waals surface area contributed by atoms with Crippen LogP contribution in [0.4, 0.5) is 5.69 Å². The number of hydrogen-bond donors (Lipinski definition) is 1. The van der Waals surface area contributed by atoms with Crippen molar-refractivity contribution < 1.29 is 26.4 Å². The number of rotatable bonds is 5. The highest BCUT2D eigenvalue weighted by molar-refractivity contribution is 6.32. The van der Waals surface area contributed by atoms with Crippen molar-refractivity contribution in [2.24, 2.45) is 0 Å². The monoisotopic (exact) mass is 422 g/mol. The summed E-state index contributed by atoms with van der Waals surface area (Å²) in [6.07, 6.45) is 2.22. The number of nitrogens with zero attached hydrogens (tertiary/aromatic N) is 1. The van der Waals surface area contributed by atoms with Crippen LogP contribution in [0.1, 0.15) is 34.3 Å². The molecule has 28 heavy (non-hydrogen) atoms. The van der Waals surface area contributed by atoms with E-state index in [2.05, 4.69) is 31.5 Å². The Kier molecular flexibility index (Phi) is 7.90. The molecule has 1 fully saturated rings. The summed E-state index contributed by atoms with van der Waals surface area (Å²) in [4.78, 5) is 12.5. The second kappa shape index (κ2) is 9.75. The highest BCUT2D eigenvalue weighted by Gasteiger charge is 2.30. The molecule has 1 N–H and O–H groups in total. The Balaban J connectivity index is 0.00000280. The van der Waals surface area contributed by atoms with Gasteiger partial charge in [0.2, 0.25) is 0 Å². The van der Waals surface area contributed by atoms with Gasteiger partial charge in [0, 0.05) is 34.7 Å². The molecule has 1 saturated heterocycles. The van der Waals surface area contributed by atoms with Crippen LogP contribution in [0.3, 0.4) is 0 Å². The average molecular weight is 423 g/mol. The van der Waals surface area contributed by atoms with Gasteiger partial charge in [0.05, 0.1) is 33.4 Å². The lowest BCUT2D eigenvalue weighted by Gasteiger charge is -2.40. The van der Waals surface area contributed by atoms with E-state index in [-0.39, 0.29) is 18.3 Å². The third-order valence-corrected chi connectivity index (χ3v) is 5.90. The number of nitrogens with one attached hydrogen (secondary N) is 1. The molecule has 1 aliphatic heterocycles. The van der Waals surface area contributed by atoms with Crippen LogP contribution < -0.4 is 17.7 Å². The minimum absolute atomic E-state index is 0. The molecule has 0 bridgehead atoms. The fourth-order valence-electron chi connectivity index (χ4n) is 3.73. The number of amides is 1. The van der Waals surface area contributed by atoms with E-state index in [1.54, 1.807) is 18.2 Å². The summed E-state index contributed by atoms with van der Waals surface area (Å²) in [5.41, 5.74) is 3.45. The molecule has 0 unspecified atom stereocenters. The molecule has 2 aromatic carbocycles. The number of ether oxygens (including phenoxy) is 1. The van der Waals surface area contributed by atoms with Crippen molar-refractivity contribution in [2.45, 2.75) is 32.4 Å². The first-order valence-corrected chi connectivity index (χ1v) is 9.80. The molecular formula is C22H28Cl2N2O2. The summed E-state index contributed by atoms with van der Waals surface area (Å²) >= 11 is 6.12. The van der Waals surface area contributed by atoms with Crippen LogP contribution in [-0.4, -0.2) is 43.7 Å². The Bertz CT molecular complexity index is 801. The first-order chi connectivity index (χ1) is 12.9. The van der Waals surface area contributed by atoms with Crippen molar-refractivity contribution in [3.05, 3.63) is 64.2 Å². The van der Waals surface area contributed by atoms with Gasteiger partial charge in [-0.05, 0) is 36.8 Å². The largest absolute Gasteiger partial charge is 1.00 e. The maximum absolute atomic E-state index is 12.5. The first kappa shape index (κ1) is 22.7. The SMILES string of the molecule is Cc1c(Cl)cccc1C(=O)Nc1ccc(C[N+](C)(C)C2CCOCC2)cc1.[Cl-]. The van der Waals surface area contributed by atoms with E-state index in [9.17, 15) is 4.79 Å². The quantitative estimate of drug-likeness (QED) is 0.744. The van der Waals surface area contributed by atoms with E-state index in [4.69, 9.17) is 16.3 Å². The van der Waals surface area contributed by atoms with Crippen LogP contribution in [-0.2, 0) is 11.3 Å². The fraction of sp³-hybridized carbons (Fsp3) is 0.409. The summed E-state index contributed by atoms with van der Waals surface area (Å²) in [5, 5.41) is 3.56. The molecule has 0 radical (unpaired) electrons. The molecule has 152 valence electrons. The van der Waals surface area contributed by atoms with Crippen molar-refractivity contribution in [3.63, 3.8) is 0 Å². The van der Waals surface area contributed by atoms with Gasteiger partial charge in [-0.3, -0.25) is 4.79 Å². The summed E-state index contributed by atoms with van der Waals surface area (Å²) in [6.45, 7) is 4.55. The average Bonchev–Trinajstić information content (AvgIpc) is 2.66. The molecular weight excluding hydrogens is 395 g/mol. The molecule has 1 aliphatic rings. The summed E-state index contributed by atoms with van der Waals surface area (Å²) in [6, 6.07) is 14.1. The lowest BCUT2D eigenvalue weighted by atomic mass is 10.0. The second-order valence-corrected chi connectivity index (χ2v) is 8.25. The van der Waals surface area contributed by atoms with Gasteiger partial charge in [-0.15, -0.1) is 0 Å². The number of carbonyl (C=O) groups excluding carboxylic acids is 1. The molecule has 0 aromatic heterocycles. The van der Waals surface area contributed by atoms with Gasteiger partial charge < -0.3 is 26.9 Å². The predicted molar refractivity (Wildman–Crippen MR) is 110 cm³/mol. The Morgan fingerprint density at radius 2 is 1.79 bits per heavy atom. The highest BCUT2D eigenvalue weighted by Crippen LogP contribution is 2.23. The van der Waals surface area contributed by atoms with Crippen molar-refractivity contribution in [3.8, 4) is 0 Å². The molecule has 6 heteroatoms. The molecule has 1 amide bonds. The minimum atomic E-state index is -0.138. The summed E-state index contributed by atoms with van der Waals surface area (Å²) < 4.78 is 6.45. The highest BCUT2D eigenvalue weighted by atomic mass is 35.5. The summed E-state index contributed by atoms with van der Waals surface area (Å²) in [7, 11) is 4.57. The van der Waals surface area contributed by atoms with Crippen LogP contribution in [0.5, 0.6) is 0 Å². The number of carbonyl (C=O) groups is 1. The van der Waals surface area contributed by atoms with Crippen molar-refractivity contribution in [1.29, 1.82) is 0 Å². The maximum Gasteiger partial charge on any atom is 0.255 e. The zero-order valence-corrected chi connectivity index (χ0v) is 18.2. The Morgan fingerprint density at radius 3 is 2.43 bits per heavy atom. The molecule has 4 nitrogen and oxygen atoms in total. The number of halogens is 2. The molecule has 0 saturated carbocycles. The smallest absolute Gasteiger partial charge is 0.255 e. The fourth-order valence-corrected chi connectivity index (χ4v) is 3.90. The number of quaternary nitrogens is 1. The Morgan fingerprint density at radius 1 is 1.14 bits per heavy atom. The van der Waals surface area contributed by atoms with Gasteiger partial charge in [0.1, 0.15) is 6.54 Å². The third-order valence-electron chi connectivity index (χ3n) is 5.49. The van der Waals surface area contributed by atoms with E-state index < -0.39 is 0 Å². The molecule has 0 spiro atoms. The van der Waals surface area contributed by atoms with Crippen LogP contribution in [0.2, 0.25) is 5.02 Å². The van der Waals surface area contributed by atoms with Crippen LogP contribution in [0.25, 0.3) is 0 Å². The van der Waals surface area contributed by atoms with Crippen molar-refractivity contribution >= 4 is 23.2 Å². The van der Waals surface area contributed by atoms with E-state index in [0.29, 0.717) is 16.6 Å². The van der Waals surface area contributed by atoms with Crippen LogP contribution in [0, 0.1) is 6.92 Å². The van der Waals surface area contributed by atoms with Gasteiger partial charge >= 0.3 is 0 Å². The molecule has 3 rings (SSSR count). The third kappa shape index (κ3) is 5.48. The van der Waals surface area contributed by atoms with Crippen LogP contribution in [0.15, 0.2) is 42.5 Å². The predicted octanol–water partition coefficient (Wildman–Crippen LogP) is 1.66. The van der Waals surface area contributed by atoms with E-state index in [1.807, 2.05) is 19.1 Å². The molecule has 0 aliphatic carbocycles. The minimum Gasteiger partial charge on any atom is -1.00 e. The van der Waals surface area contributed by atoms with Gasteiger partial charge in [-0.1, -0.05) is 29.8 Å². The van der Waals surface area contributed by atoms with Gasteiger partial charge in [-0.25, -0.2) is 0 Å². The topological polar surface area (TPSA) is 38.3 Å². The standard InChI is InChI=1S/C22H27ClN2O2.ClH/c1-16-20(5-4-6-21(16)23)22(26)24-18-9-7-17(8-10-18)15-25(2,3)19-11-13-27-14-12-19;/h4-10,19H,11-15H2,1-3H3;1H. The van der Waals surface area contributed by atoms with Gasteiger partial charge in [0.25, 0.3) is 5.91 Å². The molecule has 2 aromatic rings. The van der Waals surface area contributed by atoms with Gasteiger partial charge in [0.15, 0.2) is 0 Å². The van der Waals surface area contributed by atoms with Crippen molar-refractivity contribution in [1.82, 2.24) is 0 Å². The second-order valence-electron chi connectivity index (χ2n) is 7.84. The Labute approximate surface area is 178 Å². The van der Waals surface area contributed by atoms with E-state index in [0.717, 1.165) is 48.3 Å². The summed E-state index contributed by atoms with van der Waals surface area (Å²) in [5.74, 6) is -0.138. The molecule has 0 atom stereocenters. The zero-order chi connectivity index (χ0) is 19.4. The number of anilines is 1. The zero-order valence-electron chi connectivity index (χ0n) is 16.7. The van der Waals surface area contributed by atoms with Crippen molar-refractivity contribution in [2.75, 3.05) is 32.6 Å². The van der Waals surface area contributed by atoms with Gasteiger partial charge in [-0.2, -0.15) is 0 Å². The Hall–Kier alpha value is -1.59. The van der Waals surface area contributed by atoms with E-state index in [1.165, 1.54) is 5.56 Å². The van der Waals surface area contributed by atoms with Crippen LogP contribution >= 0.6 is 11.6 Å². The lowest BCUT2D eigenvalue weighted by Crippen LogP contribution is -3.00.